The second kappa shape index (κ2) is 10.3. The predicted octanol–water partition coefficient (Wildman–Crippen LogP) is 5.07. The van der Waals surface area contributed by atoms with E-state index in [0.717, 1.165) is 5.56 Å². The molecule has 1 heterocycles. The molecular weight excluding hydrogens is 408 g/mol. The van der Waals surface area contributed by atoms with Gasteiger partial charge in [-0.25, -0.2) is 10.5 Å². The highest BCUT2D eigenvalue weighted by Gasteiger charge is 2.24. The maximum Gasteiger partial charge on any atom is 0.274 e. The van der Waals surface area contributed by atoms with Crippen molar-refractivity contribution in [2.24, 2.45) is 5.92 Å². The van der Waals surface area contributed by atoms with E-state index in [-0.39, 0.29) is 5.91 Å². The van der Waals surface area contributed by atoms with Crippen LogP contribution in [0.2, 0.25) is 0 Å². The quantitative estimate of drug-likeness (QED) is 0.445. The number of hydrogen-bond donors (Lipinski definition) is 1. The molecule has 0 saturated carbocycles. The Morgan fingerprint density at radius 1 is 1.12 bits per heavy atom. The summed E-state index contributed by atoms with van der Waals surface area (Å²) in [5.74, 6) is 1.87. The van der Waals surface area contributed by atoms with E-state index in [1.807, 2.05) is 38.1 Å². The lowest BCUT2D eigenvalue weighted by Gasteiger charge is -2.23. The van der Waals surface area contributed by atoms with E-state index >= 15 is 0 Å². The van der Waals surface area contributed by atoms with Crippen LogP contribution in [0.5, 0.6) is 11.5 Å². The van der Waals surface area contributed by atoms with Gasteiger partial charge in [-0.15, -0.1) is 0 Å². The molecule has 0 radical (unpaired) electrons. The number of ether oxygens (including phenoxy) is 2. The molecule has 0 aliphatic rings. The molecule has 3 aromatic rings. The lowest BCUT2D eigenvalue weighted by Crippen LogP contribution is -2.37. The topological polar surface area (TPSA) is 82.8 Å². The Labute approximate surface area is 188 Å². The van der Waals surface area contributed by atoms with Crippen molar-refractivity contribution in [3.8, 4) is 23.0 Å². The molecule has 32 heavy (non-hydrogen) atoms. The number of methoxy groups -OCH3 is 1. The number of oxazole rings is 1. The predicted molar refractivity (Wildman–Crippen MR) is 122 cm³/mol. The third-order valence-corrected chi connectivity index (χ3v) is 4.60. The molecule has 1 aromatic heterocycles. The van der Waals surface area contributed by atoms with E-state index in [2.05, 4.69) is 24.3 Å². The van der Waals surface area contributed by atoms with Gasteiger partial charge in [0.25, 0.3) is 5.91 Å². The Balaban J connectivity index is 1.66. The van der Waals surface area contributed by atoms with Crippen molar-refractivity contribution in [1.29, 1.82) is 0 Å². The molecule has 0 spiro atoms. The third kappa shape index (κ3) is 6.34. The number of carbonyl (C=O) groups excluding carboxylic acids is 1. The lowest BCUT2D eigenvalue weighted by molar-refractivity contribution is -0.0702. The third-order valence-electron chi connectivity index (χ3n) is 4.60. The molecule has 0 bridgehead atoms. The Kier molecular flexibility index (Phi) is 7.53. The van der Waals surface area contributed by atoms with Crippen molar-refractivity contribution in [2.45, 2.75) is 39.7 Å². The van der Waals surface area contributed by atoms with Gasteiger partial charge in [-0.1, -0.05) is 32.0 Å². The Morgan fingerprint density at radius 2 is 1.88 bits per heavy atom. The van der Waals surface area contributed by atoms with Gasteiger partial charge < -0.3 is 13.9 Å². The summed E-state index contributed by atoms with van der Waals surface area (Å²) in [5, 5.41) is 0. The first-order valence-corrected chi connectivity index (χ1v) is 10.6. The smallest absolute Gasteiger partial charge is 0.274 e. The molecule has 0 atom stereocenters. The summed E-state index contributed by atoms with van der Waals surface area (Å²) in [6.45, 7) is 8.50. The average Bonchev–Trinajstić information content (AvgIpc) is 3.24. The summed E-state index contributed by atoms with van der Waals surface area (Å²) < 4.78 is 17.0. The largest absolute Gasteiger partial charge is 0.493 e. The highest BCUT2D eigenvalue weighted by Crippen LogP contribution is 2.33. The maximum absolute atomic E-state index is 12.2. The van der Waals surface area contributed by atoms with E-state index in [9.17, 15) is 4.79 Å². The number of hydroxylamine groups is 1. The Bertz CT molecular complexity index is 1030. The molecule has 0 unspecified atom stereocenters. The summed E-state index contributed by atoms with van der Waals surface area (Å²) in [6.07, 6.45) is 2.04. The van der Waals surface area contributed by atoms with Crippen LogP contribution in [0.4, 0.5) is 0 Å². The van der Waals surface area contributed by atoms with Crippen LogP contribution in [-0.4, -0.2) is 30.2 Å². The molecule has 0 saturated heterocycles. The van der Waals surface area contributed by atoms with Crippen molar-refractivity contribution in [2.75, 3.05) is 13.7 Å². The molecule has 170 valence electrons. The van der Waals surface area contributed by atoms with Gasteiger partial charge >= 0.3 is 0 Å². The van der Waals surface area contributed by atoms with Crippen LogP contribution in [-0.2, 0) is 11.3 Å². The van der Waals surface area contributed by atoms with E-state index < -0.39 is 5.60 Å². The summed E-state index contributed by atoms with van der Waals surface area (Å²) in [5.41, 5.74) is 3.84. The SMILES string of the molecule is COc1ccc(-c2nc(CC(C)(C)ONC(=O)c3ccccc3)co2)cc1OCC(C)C. The maximum atomic E-state index is 12.2. The van der Waals surface area contributed by atoms with Gasteiger partial charge in [0.2, 0.25) is 5.89 Å². The standard InChI is InChI=1S/C25H30N2O5/c1-17(2)15-30-22-13-19(11-12-21(22)29-5)24-26-20(16-31-24)14-25(3,4)32-27-23(28)18-9-7-6-8-10-18/h6-13,16-17H,14-15H2,1-5H3,(H,27,28). The van der Waals surface area contributed by atoms with Gasteiger partial charge in [0.05, 0.1) is 25.0 Å². The van der Waals surface area contributed by atoms with Crippen LogP contribution in [0.15, 0.2) is 59.2 Å². The fourth-order valence-electron chi connectivity index (χ4n) is 3.00. The number of carbonyl (C=O) groups is 1. The van der Waals surface area contributed by atoms with Crippen LogP contribution < -0.4 is 15.0 Å². The number of amides is 1. The molecule has 0 fully saturated rings. The van der Waals surface area contributed by atoms with E-state index in [1.54, 1.807) is 37.6 Å². The van der Waals surface area contributed by atoms with E-state index in [4.69, 9.17) is 18.7 Å². The van der Waals surface area contributed by atoms with E-state index in [0.29, 0.717) is 47.6 Å². The first kappa shape index (κ1) is 23.3. The van der Waals surface area contributed by atoms with Gasteiger partial charge in [-0.3, -0.25) is 9.63 Å². The molecule has 7 heteroatoms. The van der Waals surface area contributed by atoms with Crippen molar-refractivity contribution < 1.29 is 23.5 Å². The van der Waals surface area contributed by atoms with Crippen LogP contribution in [0, 0.1) is 5.92 Å². The fraction of sp³-hybridized carbons (Fsp3) is 0.360. The highest BCUT2D eigenvalue weighted by molar-refractivity contribution is 5.93. The molecule has 0 aliphatic carbocycles. The number of nitrogens with one attached hydrogen (secondary N) is 1. The van der Waals surface area contributed by atoms with Crippen molar-refractivity contribution in [3.63, 3.8) is 0 Å². The molecule has 2 aromatic carbocycles. The highest BCUT2D eigenvalue weighted by atomic mass is 16.7. The first-order valence-electron chi connectivity index (χ1n) is 10.6. The molecule has 3 rings (SSSR count). The molecule has 1 amide bonds. The molecule has 1 N–H and O–H groups in total. The minimum absolute atomic E-state index is 0.299. The zero-order valence-electron chi connectivity index (χ0n) is 19.2. The zero-order valence-corrected chi connectivity index (χ0v) is 19.2. The number of hydrogen-bond acceptors (Lipinski definition) is 6. The van der Waals surface area contributed by atoms with E-state index in [1.165, 1.54) is 0 Å². The lowest BCUT2D eigenvalue weighted by atomic mass is 10.0. The van der Waals surface area contributed by atoms with Gasteiger partial charge in [-0.2, -0.15) is 0 Å². The fourth-order valence-corrected chi connectivity index (χ4v) is 3.00. The minimum Gasteiger partial charge on any atom is -0.493 e. The number of benzene rings is 2. The van der Waals surface area contributed by atoms with Crippen LogP contribution in [0.1, 0.15) is 43.7 Å². The molecular formula is C25H30N2O5. The second-order valence-electron chi connectivity index (χ2n) is 8.55. The van der Waals surface area contributed by atoms with Gasteiger partial charge in [0.15, 0.2) is 11.5 Å². The molecule has 0 aliphatic heterocycles. The Hall–Kier alpha value is -3.32. The van der Waals surface area contributed by atoms with Gasteiger partial charge in [-0.05, 0) is 50.1 Å². The van der Waals surface area contributed by atoms with Crippen LogP contribution >= 0.6 is 0 Å². The number of nitrogens with zero attached hydrogens (tertiary/aromatic N) is 1. The monoisotopic (exact) mass is 438 g/mol. The number of rotatable bonds is 10. The van der Waals surface area contributed by atoms with Crippen LogP contribution in [0.25, 0.3) is 11.5 Å². The van der Waals surface area contributed by atoms with Crippen molar-refractivity contribution in [1.82, 2.24) is 10.5 Å². The van der Waals surface area contributed by atoms with Crippen molar-refractivity contribution in [3.05, 3.63) is 66.1 Å². The minimum atomic E-state index is -0.690. The summed E-state index contributed by atoms with van der Waals surface area (Å²) in [7, 11) is 1.61. The number of aromatic nitrogens is 1. The van der Waals surface area contributed by atoms with Crippen molar-refractivity contribution >= 4 is 5.91 Å². The zero-order chi connectivity index (χ0) is 23.1. The summed E-state index contributed by atoms with van der Waals surface area (Å²) in [6, 6.07) is 14.5. The summed E-state index contributed by atoms with van der Waals surface area (Å²) in [4.78, 5) is 22.5. The average molecular weight is 439 g/mol. The normalized spacial score (nSPS) is 11.4. The van der Waals surface area contributed by atoms with Gasteiger partial charge in [0.1, 0.15) is 6.26 Å². The van der Waals surface area contributed by atoms with Gasteiger partial charge in [0, 0.05) is 17.5 Å². The van der Waals surface area contributed by atoms with Crippen LogP contribution in [0.3, 0.4) is 0 Å². The summed E-state index contributed by atoms with van der Waals surface area (Å²) >= 11 is 0. The first-order chi connectivity index (χ1) is 15.3. The second-order valence-corrected chi connectivity index (χ2v) is 8.55. The Morgan fingerprint density at radius 3 is 2.56 bits per heavy atom. The molecule has 7 nitrogen and oxygen atoms in total.